The monoisotopic (exact) mass is 305 g/mol. The van der Waals surface area contributed by atoms with Crippen molar-refractivity contribution >= 4 is 17.3 Å². The predicted octanol–water partition coefficient (Wildman–Crippen LogP) is 4.95. The summed E-state index contributed by atoms with van der Waals surface area (Å²) in [6.45, 7) is 4.34. The van der Waals surface area contributed by atoms with Crippen LogP contribution in [-0.4, -0.2) is 4.92 Å². The molecule has 5 heteroatoms. The van der Waals surface area contributed by atoms with Gasteiger partial charge >= 0.3 is 0 Å². The van der Waals surface area contributed by atoms with E-state index in [1.807, 2.05) is 24.3 Å². The summed E-state index contributed by atoms with van der Waals surface area (Å²) in [4.78, 5) is 10.5. The number of halogens is 1. The van der Waals surface area contributed by atoms with E-state index in [9.17, 15) is 10.1 Å². The van der Waals surface area contributed by atoms with Crippen molar-refractivity contribution in [2.75, 3.05) is 0 Å². The molecular formula is C16H16ClNO3. The zero-order chi connectivity index (χ0) is 15.4. The lowest BCUT2D eigenvalue weighted by Crippen LogP contribution is -2.01. The first-order valence-corrected chi connectivity index (χ1v) is 7.00. The smallest absolute Gasteiger partial charge is 0.276 e. The molecule has 21 heavy (non-hydrogen) atoms. The van der Waals surface area contributed by atoms with Crippen molar-refractivity contribution < 1.29 is 9.66 Å². The number of nitro benzene ring substituents is 1. The minimum Gasteiger partial charge on any atom is -0.489 e. The molecule has 0 aliphatic heterocycles. The highest BCUT2D eigenvalue weighted by molar-refractivity contribution is 6.30. The van der Waals surface area contributed by atoms with Crippen molar-refractivity contribution in [2.45, 2.75) is 26.4 Å². The maximum Gasteiger partial charge on any atom is 0.276 e. The summed E-state index contributed by atoms with van der Waals surface area (Å²) in [5, 5.41) is 11.4. The zero-order valence-electron chi connectivity index (χ0n) is 11.9. The third kappa shape index (κ3) is 3.95. The Kier molecular flexibility index (Phi) is 4.81. The molecule has 2 aromatic rings. The molecule has 0 aliphatic rings. The van der Waals surface area contributed by atoms with Gasteiger partial charge in [0.1, 0.15) is 12.4 Å². The van der Waals surface area contributed by atoms with Crippen LogP contribution in [-0.2, 0) is 6.61 Å². The number of nitro groups is 1. The van der Waals surface area contributed by atoms with Crippen LogP contribution < -0.4 is 4.74 Å². The molecular weight excluding hydrogens is 290 g/mol. The standard InChI is InChI=1S/C16H16ClNO3/c1-11(2)12-3-6-15(7-4-12)21-10-13-9-14(17)5-8-16(13)18(19)20/h3-9,11H,10H2,1-2H3. The lowest BCUT2D eigenvalue weighted by molar-refractivity contribution is -0.385. The average molecular weight is 306 g/mol. The summed E-state index contributed by atoms with van der Waals surface area (Å²) < 4.78 is 5.61. The van der Waals surface area contributed by atoms with Gasteiger partial charge in [0.05, 0.1) is 10.5 Å². The maximum absolute atomic E-state index is 11.0. The van der Waals surface area contributed by atoms with Crippen molar-refractivity contribution in [3.8, 4) is 5.75 Å². The van der Waals surface area contributed by atoms with Crippen LogP contribution in [0.2, 0.25) is 5.02 Å². The van der Waals surface area contributed by atoms with E-state index in [4.69, 9.17) is 16.3 Å². The number of rotatable bonds is 5. The Labute approximate surface area is 128 Å². The molecule has 2 rings (SSSR count). The molecule has 0 saturated heterocycles. The topological polar surface area (TPSA) is 52.4 Å². The van der Waals surface area contributed by atoms with E-state index in [0.29, 0.717) is 22.3 Å². The fraction of sp³-hybridized carbons (Fsp3) is 0.250. The van der Waals surface area contributed by atoms with Crippen LogP contribution in [0.25, 0.3) is 0 Å². The van der Waals surface area contributed by atoms with Crippen LogP contribution in [0.15, 0.2) is 42.5 Å². The van der Waals surface area contributed by atoms with Crippen LogP contribution in [0, 0.1) is 10.1 Å². The number of nitrogens with zero attached hydrogens (tertiary/aromatic N) is 1. The molecule has 2 aromatic carbocycles. The first kappa shape index (κ1) is 15.3. The van der Waals surface area contributed by atoms with Crippen LogP contribution in [0.1, 0.15) is 30.9 Å². The minimum absolute atomic E-state index is 0.0122. The van der Waals surface area contributed by atoms with Gasteiger partial charge in [-0.1, -0.05) is 37.6 Å². The van der Waals surface area contributed by atoms with E-state index in [0.717, 1.165) is 0 Å². The average Bonchev–Trinajstić information content (AvgIpc) is 2.45. The van der Waals surface area contributed by atoms with Crippen molar-refractivity contribution in [1.29, 1.82) is 0 Å². The minimum atomic E-state index is -0.434. The quantitative estimate of drug-likeness (QED) is 0.580. The van der Waals surface area contributed by atoms with E-state index in [1.54, 1.807) is 6.07 Å². The molecule has 0 heterocycles. The maximum atomic E-state index is 11.0. The molecule has 0 aromatic heterocycles. The fourth-order valence-electron chi connectivity index (χ4n) is 1.96. The van der Waals surface area contributed by atoms with Gasteiger partial charge < -0.3 is 4.74 Å². The van der Waals surface area contributed by atoms with Crippen LogP contribution in [0.3, 0.4) is 0 Å². The molecule has 0 aliphatic carbocycles. The van der Waals surface area contributed by atoms with Gasteiger partial charge in [-0.2, -0.15) is 0 Å². The fourth-order valence-corrected chi connectivity index (χ4v) is 2.15. The Morgan fingerprint density at radius 3 is 2.43 bits per heavy atom. The lowest BCUT2D eigenvalue weighted by atomic mass is 10.0. The number of ether oxygens (including phenoxy) is 1. The summed E-state index contributed by atoms with van der Waals surface area (Å²) in [6, 6.07) is 12.2. The van der Waals surface area contributed by atoms with Gasteiger partial charge in [0.15, 0.2) is 0 Å². The van der Waals surface area contributed by atoms with E-state index < -0.39 is 4.92 Å². The molecule has 0 atom stereocenters. The highest BCUT2D eigenvalue weighted by atomic mass is 35.5. The van der Waals surface area contributed by atoms with Crippen LogP contribution >= 0.6 is 11.6 Å². The molecule has 0 radical (unpaired) electrons. The Hall–Kier alpha value is -2.07. The largest absolute Gasteiger partial charge is 0.489 e. The van der Waals surface area contributed by atoms with Gasteiger partial charge in [-0.3, -0.25) is 10.1 Å². The first-order chi connectivity index (χ1) is 9.97. The normalized spacial score (nSPS) is 10.7. The van der Waals surface area contributed by atoms with E-state index >= 15 is 0 Å². The highest BCUT2D eigenvalue weighted by Gasteiger charge is 2.14. The van der Waals surface area contributed by atoms with Crippen molar-refractivity contribution in [3.05, 3.63) is 68.7 Å². The van der Waals surface area contributed by atoms with Gasteiger partial charge in [0, 0.05) is 11.1 Å². The first-order valence-electron chi connectivity index (χ1n) is 6.63. The lowest BCUT2D eigenvalue weighted by Gasteiger charge is -2.09. The van der Waals surface area contributed by atoms with Crippen LogP contribution in [0.4, 0.5) is 5.69 Å². The predicted molar refractivity (Wildman–Crippen MR) is 83.0 cm³/mol. The van der Waals surface area contributed by atoms with Crippen molar-refractivity contribution in [1.82, 2.24) is 0 Å². The number of hydrogen-bond acceptors (Lipinski definition) is 3. The Bertz CT molecular complexity index is 638. The summed E-state index contributed by atoms with van der Waals surface area (Å²) in [5.41, 5.74) is 1.69. The molecule has 0 N–H and O–H groups in total. The Balaban J connectivity index is 2.12. The summed E-state index contributed by atoms with van der Waals surface area (Å²) in [6.07, 6.45) is 0. The second-order valence-corrected chi connectivity index (χ2v) is 5.48. The molecule has 4 nitrogen and oxygen atoms in total. The molecule has 0 fully saturated rings. The Morgan fingerprint density at radius 2 is 1.86 bits per heavy atom. The second-order valence-electron chi connectivity index (χ2n) is 5.04. The summed E-state index contributed by atoms with van der Waals surface area (Å²) in [5.74, 6) is 1.13. The third-order valence-corrected chi connectivity index (χ3v) is 3.41. The number of hydrogen-bond donors (Lipinski definition) is 0. The molecule has 0 unspecified atom stereocenters. The van der Waals surface area contributed by atoms with Gasteiger partial charge in [0.25, 0.3) is 5.69 Å². The SMILES string of the molecule is CC(C)c1ccc(OCc2cc(Cl)ccc2[N+](=O)[O-])cc1. The van der Waals surface area contributed by atoms with Crippen molar-refractivity contribution in [2.24, 2.45) is 0 Å². The molecule has 0 saturated carbocycles. The summed E-state index contributed by atoms with van der Waals surface area (Å²) >= 11 is 5.88. The van der Waals surface area contributed by atoms with Crippen LogP contribution in [0.5, 0.6) is 5.75 Å². The van der Waals surface area contributed by atoms with Crippen molar-refractivity contribution in [3.63, 3.8) is 0 Å². The molecule has 110 valence electrons. The Morgan fingerprint density at radius 1 is 1.19 bits per heavy atom. The highest BCUT2D eigenvalue weighted by Crippen LogP contribution is 2.25. The molecule has 0 bridgehead atoms. The van der Waals surface area contributed by atoms with Gasteiger partial charge in [-0.25, -0.2) is 0 Å². The summed E-state index contributed by atoms with van der Waals surface area (Å²) in [7, 11) is 0. The zero-order valence-corrected chi connectivity index (χ0v) is 12.6. The number of benzene rings is 2. The van der Waals surface area contributed by atoms with Gasteiger partial charge in [0.2, 0.25) is 0 Å². The second kappa shape index (κ2) is 6.59. The van der Waals surface area contributed by atoms with Gasteiger partial charge in [-0.15, -0.1) is 0 Å². The van der Waals surface area contributed by atoms with E-state index in [-0.39, 0.29) is 12.3 Å². The van der Waals surface area contributed by atoms with E-state index in [2.05, 4.69) is 13.8 Å². The molecule has 0 amide bonds. The molecule has 0 spiro atoms. The van der Waals surface area contributed by atoms with E-state index in [1.165, 1.54) is 17.7 Å². The van der Waals surface area contributed by atoms with Gasteiger partial charge in [-0.05, 0) is 35.7 Å². The third-order valence-electron chi connectivity index (χ3n) is 3.18.